The van der Waals surface area contributed by atoms with Gasteiger partial charge in [-0.05, 0) is 48.4 Å². The van der Waals surface area contributed by atoms with Gasteiger partial charge in [0.25, 0.3) is 0 Å². The Morgan fingerprint density at radius 3 is 2.37 bits per heavy atom. The average molecular weight is 459 g/mol. The Kier molecular flexibility index (Phi) is 8.32. The molecule has 0 radical (unpaired) electrons. The van der Waals surface area contributed by atoms with E-state index in [1.54, 1.807) is 31.2 Å². The van der Waals surface area contributed by atoms with Crippen molar-refractivity contribution in [2.24, 2.45) is 0 Å². The molecule has 0 aliphatic carbocycles. The van der Waals surface area contributed by atoms with Crippen LogP contribution in [0, 0.1) is 0 Å². The number of likely N-dealkylation sites (N-methyl/N-ethyl adjacent to an activating group) is 1. The van der Waals surface area contributed by atoms with Crippen LogP contribution in [0.1, 0.15) is 23.6 Å². The molecule has 1 N–H and O–H groups in total. The molecule has 0 aromatic heterocycles. The van der Waals surface area contributed by atoms with Gasteiger partial charge < -0.3 is 10.2 Å². The van der Waals surface area contributed by atoms with Gasteiger partial charge >= 0.3 is 6.18 Å². The number of carbonyl (C=O) groups excluding carboxylic acids is 2. The van der Waals surface area contributed by atoms with Crippen LogP contribution in [0.4, 0.5) is 13.2 Å². The van der Waals surface area contributed by atoms with Crippen molar-refractivity contribution in [2.45, 2.75) is 19.6 Å². The quantitative estimate of drug-likeness (QED) is 0.580. The lowest BCUT2D eigenvalue weighted by atomic mass is 10.1. The molecule has 30 heavy (non-hydrogen) atoms. The second-order valence-corrected chi connectivity index (χ2v) is 7.17. The number of carbonyl (C=O) groups is 2. The van der Waals surface area contributed by atoms with Crippen molar-refractivity contribution < 1.29 is 22.8 Å². The highest BCUT2D eigenvalue weighted by Gasteiger charge is 2.33. The van der Waals surface area contributed by atoms with Crippen molar-refractivity contribution in [1.29, 1.82) is 0 Å². The van der Waals surface area contributed by atoms with E-state index < -0.39 is 22.7 Å². The van der Waals surface area contributed by atoms with Crippen molar-refractivity contribution in [2.75, 3.05) is 13.1 Å². The van der Waals surface area contributed by atoms with E-state index in [0.717, 1.165) is 23.8 Å². The lowest BCUT2D eigenvalue weighted by Gasteiger charge is -2.18. The number of halogens is 5. The van der Waals surface area contributed by atoms with Gasteiger partial charge in [0.1, 0.15) is 0 Å². The minimum Gasteiger partial charge on any atom is -0.350 e. The number of nitrogens with zero attached hydrogens (tertiary/aromatic N) is 1. The Morgan fingerprint density at radius 1 is 1.10 bits per heavy atom. The first kappa shape index (κ1) is 23.8. The molecule has 2 aromatic rings. The highest BCUT2D eigenvalue weighted by molar-refractivity contribution is 6.31. The van der Waals surface area contributed by atoms with Gasteiger partial charge in [-0.2, -0.15) is 13.2 Å². The van der Waals surface area contributed by atoms with Crippen LogP contribution in [-0.4, -0.2) is 29.8 Å². The van der Waals surface area contributed by atoms with Crippen LogP contribution >= 0.6 is 23.2 Å². The topological polar surface area (TPSA) is 49.4 Å². The molecule has 2 aromatic carbocycles. The first-order valence-corrected chi connectivity index (χ1v) is 9.70. The summed E-state index contributed by atoms with van der Waals surface area (Å²) in [5, 5.41) is 2.87. The summed E-state index contributed by atoms with van der Waals surface area (Å²) in [7, 11) is 0. The van der Waals surface area contributed by atoms with Crippen molar-refractivity contribution >= 4 is 41.1 Å². The third-order valence-electron chi connectivity index (χ3n) is 4.14. The minimum atomic E-state index is -4.59. The van der Waals surface area contributed by atoms with Gasteiger partial charge in [-0.1, -0.05) is 41.4 Å². The van der Waals surface area contributed by atoms with Gasteiger partial charge in [0.15, 0.2) is 0 Å². The number of hydrogen-bond donors (Lipinski definition) is 1. The second kappa shape index (κ2) is 10.5. The van der Waals surface area contributed by atoms with Gasteiger partial charge in [0.2, 0.25) is 11.8 Å². The summed E-state index contributed by atoms with van der Waals surface area (Å²) in [6.45, 7) is 2.05. The van der Waals surface area contributed by atoms with E-state index in [9.17, 15) is 22.8 Å². The number of benzene rings is 2. The molecule has 9 heteroatoms. The lowest BCUT2D eigenvalue weighted by Crippen LogP contribution is -2.39. The van der Waals surface area contributed by atoms with E-state index in [1.807, 2.05) is 0 Å². The number of amides is 2. The monoisotopic (exact) mass is 458 g/mol. The molecular weight excluding hydrogens is 440 g/mol. The summed E-state index contributed by atoms with van der Waals surface area (Å²) in [5.74, 6) is -0.859. The van der Waals surface area contributed by atoms with Gasteiger partial charge in [-0.15, -0.1) is 0 Å². The summed E-state index contributed by atoms with van der Waals surface area (Å²) in [5.41, 5.74) is 0.0428. The number of nitrogens with one attached hydrogen (secondary N) is 1. The summed E-state index contributed by atoms with van der Waals surface area (Å²) in [6.07, 6.45) is -2.22. The molecule has 0 spiro atoms. The Balaban J connectivity index is 1.97. The van der Waals surface area contributed by atoms with Gasteiger partial charge in [0, 0.05) is 24.2 Å². The number of alkyl halides is 3. The maximum absolute atomic E-state index is 12.9. The second-order valence-electron chi connectivity index (χ2n) is 6.33. The molecule has 0 unspecified atom stereocenters. The van der Waals surface area contributed by atoms with E-state index in [-0.39, 0.29) is 31.1 Å². The van der Waals surface area contributed by atoms with Crippen LogP contribution in [0.3, 0.4) is 0 Å². The fraction of sp³-hybridized carbons (Fsp3) is 0.238. The molecule has 0 saturated heterocycles. The van der Waals surface area contributed by atoms with Crippen molar-refractivity contribution in [1.82, 2.24) is 10.2 Å². The predicted octanol–water partition coefficient (Wildman–Crippen LogP) is 5.19. The predicted molar refractivity (Wildman–Crippen MR) is 111 cm³/mol. The maximum atomic E-state index is 12.9. The zero-order valence-corrected chi connectivity index (χ0v) is 17.5. The highest BCUT2D eigenvalue weighted by Crippen LogP contribution is 2.35. The number of hydrogen-bond acceptors (Lipinski definition) is 2. The van der Waals surface area contributed by atoms with Gasteiger partial charge in [-0.3, -0.25) is 9.59 Å². The molecule has 0 fully saturated rings. The van der Waals surface area contributed by atoms with Crippen LogP contribution in [0.5, 0.6) is 0 Å². The summed E-state index contributed by atoms with van der Waals surface area (Å²) in [6, 6.07) is 10.3. The number of rotatable bonds is 7. The SMILES string of the molecule is CCN(CC(=O)NCc1ccc(Cl)cc1)C(=O)/C=C/c1ccc(Cl)c(C(F)(F)F)c1. The Bertz CT molecular complexity index is 929. The summed E-state index contributed by atoms with van der Waals surface area (Å²) >= 11 is 11.4. The van der Waals surface area contributed by atoms with E-state index in [2.05, 4.69) is 5.32 Å². The Hall–Kier alpha value is -2.51. The highest BCUT2D eigenvalue weighted by atomic mass is 35.5. The van der Waals surface area contributed by atoms with Crippen molar-refractivity contribution in [3.05, 3.63) is 75.3 Å². The first-order chi connectivity index (χ1) is 14.1. The van der Waals surface area contributed by atoms with Crippen LogP contribution in [0.15, 0.2) is 48.5 Å². The van der Waals surface area contributed by atoms with Gasteiger partial charge in [-0.25, -0.2) is 0 Å². The van der Waals surface area contributed by atoms with Crippen LogP contribution < -0.4 is 5.32 Å². The Labute approximate surface area is 182 Å². The molecule has 2 amide bonds. The smallest absolute Gasteiger partial charge is 0.350 e. The Morgan fingerprint density at radius 2 is 1.77 bits per heavy atom. The molecule has 0 saturated carbocycles. The van der Waals surface area contributed by atoms with Gasteiger partial charge in [0.05, 0.1) is 17.1 Å². The van der Waals surface area contributed by atoms with E-state index in [1.165, 1.54) is 17.0 Å². The molecule has 160 valence electrons. The molecule has 4 nitrogen and oxygen atoms in total. The zero-order valence-electron chi connectivity index (χ0n) is 16.0. The van der Waals surface area contributed by atoms with E-state index in [4.69, 9.17) is 23.2 Å². The largest absolute Gasteiger partial charge is 0.417 e. The fourth-order valence-corrected chi connectivity index (χ4v) is 2.87. The molecule has 0 aliphatic rings. The van der Waals surface area contributed by atoms with E-state index >= 15 is 0 Å². The molecule has 0 aliphatic heterocycles. The van der Waals surface area contributed by atoms with E-state index in [0.29, 0.717) is 5.02 Å². The third-order valence-corrected chi connectivity index (χ3v) is 4.73. The molecular formula is C21H19Cl2F3N2O2. The van der Waals surface area contributed by atoms with Crippen molar-refractivity contribution in [3.63, 3.8) is 0 Å². The average Bonchev–Trinajstić information content (AvgIpc) is 2.69. The minimum absolute atomic E-state index is 0.170. The molecule has 0 heterocycles. The van der Waals surface area contributed by atoms with Crippen molar-refractivity contribution in [3.8, 4) is 0 Å². The van der Waals surface area contributed by atoms with Crippen LogP contribution in [0.25, 0.3) is 6.08 Å². The zero-order chi connectivity index (χ0) is 22.3. The summed E-state index contributed by atoms with van der Waals surface area (Å²) in [4.78, 5) is 25.7. The normalized spacial score (nSPS) is 11.5. The summed E-state index contributed by atoms with van der Waals surface area (Å²) < 4.78 is 38.8. The fourth-order valence-electron chi connectivity index (χ4n) is 2.51. The van der Waals surface area contributed by atoms with Crippen LogP contribution in [0.2, 0.25) is 10.0 Å². The molecule has 0 atom stereocenters. The standard InChI is InChI=1S/C21H19Cl2F3N2O2/c1-2-28(13-19(29)27-12-15-3-7-16(22)8-4-15)20(30)10-6-14-5-9-18(23)17(11-14)21(24,25)26/h3-11H,2,12-13H2,1H3,(H,27,29)/b10-6+. The molecule has 2 rings (SSSR count). The van der Waals surface area contributed by atoms with Crippen LogP contribution in [-0.2, 0) is 22.3 Å². The molecule has 0 bridgehead atoms. The third kappa shape index (κ3) is 7.07. The lowest BCUT2D eigenvalue weighted by molar-refractivity contribution is -0.137. The first-order valence-electron chi connectivity index (χ1n) is 8.95. The maximum Gasteiger partial charge on any atom is 0.417 e.